The van der Waals surface area contributed by atoms with Crippen LogP contribution in [0.2, 0.25) is 0 Å². The molecule has 0 radical (unpaired) electrons. The van der Waals surface area contributed by atoms with Gasteiger partial charge in [0.25, 0.3) is 0 Å². The van der Waals surface area contributed by atoms with Gasteiger partial charge in [-0.1, -0.05) is 19.9 Å². The molecule has 1 aliphatic heterocycles. The Balaban J connectivity index is 2.15. The van der Waals surface area contributed by atoms with Gasteiger partial charge in [0.05, 0.1) is 13.0 Å². The molecule has 1 saturated heterocycles. The topological polar surface area (TPSA) is 35.5 Å². The fraction of sp³-hybridized carbons (Fsp3) is 0.562. The van der Waals surface area contributed by atoms with E-state index < -0.39 is 0 Å². The number of benzene rings is 1. The number of rotatable bonds is 1. The van der Waals surface area contributed by atoms with Gasteiger partial charge in [0.15, 0.2) is 0 Å². The van der Waals surface area contributed by atoms with Crippen molar-refractivity contribution in [3.05, 3.63) is 28.8 Å². The molecule has 1 heterocycles. The first-order chi connectivity index (χ1) is 9.02. The minimum atomic E-state index is -0.0489. The second-order valence-corrected chi connectivity index (χ2v) is 5.85. The molecular formula is C16H20O3. The summed E-state index contributed by atoms with van der Waals surface area (Å²) in [5.41, 5.74) is 3.73. The quantitative estimate of drug-likeness (QED) is 0.728. The summed E-state index contributed by atoms with van der Waals surface area (Å²) in [5.74, 6) is 1.37. The van der Waals surface area contributed by atoms with Gasteiger partial charge in [-0.15, -0.1) is 0 Å². The predicted molar refractivity (Wildman–Crippen MR) is 72.5 cm³/mol. The minimum Gasteiger partial charge on any atom is -0.496 e. The van der Waals surface area contributed by atoms with E-state index in [0.717, 1.165) is 17.7 Å². The first kappa shape index (κ1) is 12.5. The normalized spacial score (nSPS) is 32.5. The molecule has 0 saturated carbocycles. The third kappa shape index (κ3) is 1.75. The fourth-order valence-electron chi connectivity index (χ4n) is 3.49. The van der Waals surface area contributed by atoms with E-state index in [1.165, 1.54) is 11.1 Å². The van der Waals surface area contributed by atoms with Crippen LogP contribution in [0.5, 0.6) is 5.75 Å². The van der Waals surface area contributed by atoms with Gasteiger partial charge in [-0.3, -0.25) is 4.79 Å². The molecule has 0 spiro atoms. The number of hydrogen-bond acceptors (Lipinski definition) is 3. The zero-order valence-corrected chi connectivity index (χ0v) is 11.9. The monoisotopic (exact) mass is 260 g/mol. The molecular weight excluding hydrogens is 240 g/mol. The summed E-state index contributed by atoms with van der Waals surface area (Å²) in [6.45, 7) is 6.17. The number of carbonyl (C=O) groups is 1. The van der Waals surface area contributed by atoms with Crippen molar-refractivity contribution in [1.29, 1.82) is 0 Å². The van der Waals surface area contributed by atoms with Crippen LogP contribution in [0.25, 0.3) is 0 Å². The third-order valence-corrected chi connectivity index (χ3v) is 4.78. The highest BCUT2D eigenvalue weighted by Gasteiger charge is 2.44. The van der Waals surface area contributed by atoms with Gasteiger partial charge in [0.1, 0.15) is 11.9 Å². The van der Waals surface area contributed by atoms with Gasteiger partial charge in [-0.25, -0.2) is 0 Å². The molecule has 0 unspecified atom stereocenters. The van der Waals surface area contributed by atoms with Crippen molar-refractivity contribution in [2.75, 3.05) is 7.11 Å². The molecule has 3 rings (SSSR count). The first-order valence-electron chi connectivity index (χ1n) is 6.91. The van der Waals surface area contributed by atoms with Gasteiger partial charge >= 0.3 is 5.97 Å². The summed E-state index contributed by atoms with van der Waals surface area (Å²) in [5, 5.41) is 0. The molecule has 1 aromatic carbocycles. The minimum absolute atomic E-state index is 0.0219. The average molecular weight is 260 g/mol. The Morgan fingerprint density at radius 3 is 2.63 bits per heavy atom. The summed E-state index contributed by atoms with van der Waals surface area (Å²) >= 11 is 0. The highest BCUT2D eigenvalue weighted by Crippen LogP contribution is 2.48. The summed E-state index contributed by atoms with van der Waals surface area (Å²) in [6.07, 6.45) is 0.973. The lowest BCUT2D eigenvalue weighted by atomic mass is 9.69. The van der Waals surface area contributed by atoms with Crippen LogP contribution < -0.4 is 4.74 Å². The van der Waals surface area contributed by atoms with E-state index in [2.05, 4.69) is 26.0 Å². The number of carbonyl (C=O) groups excluding carboxylic acids is 1. The van der Waals surface area contributed by atoms with Crippen molar-refractivity contribution in [3.8, 4) is 5.75 Å². The van der Waals surface area contributed by atoms with Crippen LogP contribution in [0.4, 0.5) is 0 Å². The maximum Gasteiger partial charge on any atom is 0.309 e. The first-order valence-corrected chi connectivity index (χ1v) is 6.91. The summed E-state index contributed by atoms with van der Waals surface area (Å²) < 4.78 is 11.0. The van der Waals surface area contributed by atoms with Crippen LogP contribution in [0.15, 0.2) is 12.1 Å². The fourth-order valence-corrected chi connectivity index (χ4v) is 3.49. The van der Waals surface area contributed by atoms with E-state index in [9.17, 15) is 4.79 Å². The second kappa shape index (κ2) is 4.26. The maximum atomic E-state index is 11.9. The molecule has 2 aliphatic rings. The second-order valence-electron chi connectivity index (χ2n) is 5.85. The number of esters is 1. The van der Waals surface area contributed by atoms with Gasteiger partial charge in [-0.05, 0) is 36.1 Å². The van der Waals surface area contributed by atoms with Gasteiger partial charge in [-0.2, -0.15) is 0 Å². The lowest BCUT2D eigenvalue weighted by molar-refractivity contribution is -0.163. The Labute approximate surface area is 113 Å². The van der Waals surface area contributed by atoms with Gasteiger partial charge < -0.3 is 9.47 Å². The summed E-state index contributed by atoms with van der Waals surface area (Å²) in [4.78, 5) is 11.9. The molecule has 0 N–H and O–H groups in total. The summed E-state index contributed by atoms with van der Waals surface area (Å²) in [7, 11) is 1.70. The van der Waals surface area contributed by atoms with Crippen molar-refractivity contribution in [2.24, 2.45) is 5.92 Å². The Morgan fingerprint density at radius 2 is 1.95 bits per heavy atom. The zero-order chi connectivity index (χ0) is 13.7. The molecule has 1 fully saturated rings. The number of hydrogen-bond donors (Lipinski definition) is 0. The molecule has 3 nitrogen and oxygen atoms in total. The maximum absolute atomic E-state index is 11.9. The SMILES string of the molecule is COc1cc2c(cc1C)[C@@H]1C[C@@H](OC(=O)[C@H]1C)[C@@H]2C. The third-order valence-electron chi connectivity index (χ3n) is 4.78. The van der Waals surface area contributed by atoms with Crippen molar-refractivity contribution < 1.29 is 14.3 Å². The highest BCUT2D eigenvalue weighted by molar-refractivity contribution is 5.75. The van der Waals surface area contributed by atoms with Crippen LogP contribution in [0, 0.1) is 12.8 Å². The average Bonchev–Trinajstić information content (AvgIpc) is 2.40. The highest BCUT2D eigenvalue weighted by atomic mass is 16.5. The van der Waals surface area contributed by atoms with Crippen molar-refractivity contribution in [3.63, 3.8) is 0 Å². The van der Waals surface area contributed by atoms with Crippen LogP contribution in [0.1, 0.15) is 48.8 Å². The van der Waals surface area contributed by atoms with Crippen molar-refractivity contribution in [2.45, 2.75) is 45.1 Å². The Bertz CT molecular complexity index is 535. The van der Waals surface area contributed by atoms with E-state index in [-0.39, 0.29) is 23.9 Å². The molecule has 0 aromatic heterocycles. The van der Waals surface area contributed by atoms with E-state index in [0.29, 0.717) is 5.92 Å². The molecule has 4 atom stereocenters. The van der Waals surface area contributed by atoms with E-state index >= 15 is 0 Å². The summed E-state index contributed by atoms with van der Waals surface area (Å²) in [6, 6.07) is 4.32. The Hall–Kier alpha value is -1.51. The Kier molecular flexibility index (Phi) is 2.80. The number of ether oxygens (including phenoxy) is 2. The van der Waals surface area contributed by atoms with Gasteiger partial charge in [0.2, 0.25) is 0 Å². The van der Waals surface area contributed by atoms with E-state index in [1.54, 1.807) is 7.11 Å². The molecule has 0 amide bonds. The van der Waals surface area contributed by atoms with E-state index in [4.69, 9.17) is 9.47 Å². The molecule has 2 bridgehead atoms. The number of aryl methyl sites for hydroxylation is 1. The zero-order valence-electron chi connectivity index (χ0n) is 11.9. The smallest absolute Gasteiger partial charge is 0.309 e. The molecule has 19 heavy (non-hydrogen) atoms. The van der Waals surface area contributed by atoms with E-state index in [1.807, 2.05) is 6.92 Å². The van der Waals surface area contributed by atoms with Gasteiger partial charge in [0, 0.05) is 11.8 Å². The lowest BCUT2D eigenvalue weighted by Crippen LogP contribution is -2.41. The molecule has 1 aromatic rings. The van der Waals surface area contributed by atoms with Crippen LogP contribution in [0.3, 0.4) is 0 Å². The predicted octanol–water partition coefficient (Wildman–Crippen LogP) is 3.16. The Morgan fingerprint density at radius 1 is 1.21 bits per heavy atom. The van der Waals surface area contributed by atoms with Crippen LogP contribution in [-0.4, -0.2) is 19.2 Å². The lowest BCUT2D eigenvalue weighted by Gasteiger charge is -2.43. The standard InChI is InChI=1S/C16H20O3/c1-8-5-13-11(6-14(8)18-4)9(2)15-7-12(13)10(3)16(17)19-15/h5-6,9-10,12,15H,7H2,1-4H3/t9-,10+,12-,15-/m1/s1. The van der Waals surface area contributed by atoms with Crippen molar-refractivity contribution in [1.82, 2.24) is 0 Å². The number of methoxy groups -OCH3 is 1. The molecule has 1 aliphatic carbocycles. The molecule has 102 valence electrons. The van der Waals surface area contributed by atoms with Crippen molar-refractivity contribution >= 4 is 5.97 Å². The van der Waals surface area contributed by atoms with Crippen LogP contribution in [-0.2, 0) is 9.53 Å². The number of fused-ring (bicyclic) bond motifs is 4. The molecule has 3 heteroatoms. The largest absolute Gasteiger partial charge is 0.496 e. The van der Waals surface area contributed by atoms with Crippen LogP contribution >= 0.6 is 0 Å².